The molecular formula is C17H19Cl2NO2. The van der Waals surface area contributed by atoms with E-state index in [1.165, 1.54) is 0 Å². The van der Waals surface area contributed by atoms with Crippen LogP contribution in [0.15, 0.2) is 42.5 Å². The molecule has 0 amide bonds. The lowest BCUT2D eigenvalue weighted by atomic mass is 10.2. The van der Waals surface area contributed by atoms with Gasteiger partial charge in [-0.05, 0) is 42.8 Å². The number of halogens is 2. The highest BCUT2D eigenvalue weighted by Crippen LogP contribution is 2.25. The maximum atomic E-state index is 6.01. The molecule has 0 aliphatic carbocycles. The average Bonchev–Trinajstić information content (AvgIpc) is 2.49. The minimum Gasteiger partial charge on any atom is -0.489 e. The van der Waals surface area contributed by atoms with Gasteiger partial charge in [-0.1, -0.05) is 35.3 Å². The van der Waals surface area contributed by atoms with E-state index in [2.05, 4.69) is 5.32 Å². The summed E-state index contributed by atoms with van der Waals surface area (Å²) in [5.41, 5.74) is 1.94. The molecule has 2 rings (SSSR count). The largest absolute Gasteiger partial charge is 0.489 e. The Hall–Kier alpha value is -1.42. The van der Waals surface area contributed by atoms with E-state index in [-0.39, 0.29) is 0 Å². The first-order chi connectivity index (χ1) is 10.7. The lowest BCUT2D eigenvalue weighted by Gasteiger charge is -2.13. The second-order valence-electron chi connectivity index (χ2n) is 4.67. The van der Waals surface area contributed by atoms with Crippen LogP contribution >= 0.6 is 23.2 Å². The van der Waals surface area contributed by atoms with Crippen LogP contribution in [-0.2, 0) is 11.3 Å². The summed E-state index contributed by atoms with van der Waals surface area (Å²) in [6.07, 6.45) is 0. The van der Waals surface area contributed by atoms with Crippen molar-refractivity contribution in [3.05, 3.63) is 58.1 Å². The highest BCUT2D eigenvalue weighted by atomic mass is 35.5. The molecule has 0 spiro atoms. The second-order valence-corrected chi connectivity index (χ2v) is 5.55. The van der Waals surface area contributed by atoms with Crippen molar-refractivity contribution in [3.63, 3.8) is 0 Å². The van der Waals surface area contributed by atoms with E-state index in [0.29, 0.717) is 36.4 Å². The minimum atomic E-state index is 0.523. The number of nitrogens with one attached hydrogen (secondary N) is 1. The van der Waals surface area contributed by atoms with E-state index in [4.69, 9.17) is 32.7 Å². The van der Waals surface area contributed by atoms with Gasteiger partial charge in [-0.2, -0.15) is 0 Å². The smallest absolute Gasteiger partial charge is 0.142 e. The molecule has 2 aromatic rings. The molecule has 2 aromatic carbocycles. The van der Waals surface area contributed by atoms with Crippen LogP contribution in [0.3, 0.4) is 0 Å². The topological polar surface area (TPSA) is 30.5 Å². The van der Waals surface area contributed by atoms with Crippen molar-refractivity contribution < 1.29 is 9.47 Å². The van der Waals surface area contributed by atoms with Gasteiger partial charge in [-0.25, -0.2) is 0 Å². The summed E-state index contributed by atoms with van der Waals surface area (Å²) in [7, 11) is 0. The molecule has 5 heteroatoms. The van der Waals surface area contributed by atoms with Crippen LogP contribution < -0.4 is 10.1 Å². The SMILES string of the molecule is CCOCCOc1ccccc1NCc1cc(Cl)cc(Cl)c1. The molecule has 118 valence electrons. The molecule has 0 saturated carbocycles. The molecule has 0 radical (unpaired) electrons. The Balaban J connectivity index is 1.97. The van der Waals surface area contributed by atoms with Crippen molar-refractivity contribution in [2.45, 2.75) is 13.5 Å². The first kappa shape index (κ1) is 16.9. The van der Waals surface area contributed by atoms with Gasteiger partial charge in [0.25, 0.3) is 0 Å². The molecule has 0 saturated heterocycles. The molecule has 0 fully saturated rings. The van der Waals surface area contributed by atoms with Crippen molar-refractivity contribution in [2.24, 2.45) is 0 Å². The summed E-state index contributed by atoms with van der Waals surface area (Å²) in [6.45, 7) is 4.38. The predicted octanol–water partition coefficient (Wildman–Crippen LogP) is 5.02. The van der Waals surface area contributed by atoms with E-state index in [1.807, 2.05) is 43.3 Å². The predicted molar refractivity (Wildman–Crippen MR) is 92.2 cm³/mol. The summed E-state index contributed by atoms with van der Waals surface area (Å²) in [5, 5.41) is 4.60. The first-order valence-corrected chi connectivity index (χ1v) is 7.93. The summed E-state index contributed by atoms with van der Waals surface area (Å²) < 4.78 is 11.0. The Kier molecular flexibility index (Phi) is 6.84. The summed E-state index contributed by atoms with van der Waals surface area (Å²) in [6, 6.07) is 13.3. The van der Waals surface area contributed by atoms with Crippen molar-refractivity contribution in [1.82, 2.24) is 0 Å². The van der Waals surface area contributed by atoms with Gasteiger partial charge in [0.1, 0.15) is 12.4 Å². The van der Waals surface area contributed by atoms with E-state index < -0.39 is 0 Å². The lowest BCUT2D eigenvalue weighted by molar-refractivity contribution is 0.110. The number of hydrogen-bond acceptors (Lipinski definition) is 3. The highest BCUT2D eigenvalue weighted by Gasteiger charge is 2.04. The maximum absolute atomic E-state index is 6.01. The fourth-order valence-corrected chi connectivity index (χ4v) is 2.57. The van der Waals surface area contributed by atoms with Crippen LogP contribution in [0, 0.1) is 0 Å². The van der Waals surface area contributed by atoms with Crippen LogP contribution in [0.2, 0.25) is 10.0 Å². The molecule has 0 aromatic heterocycles. The average molecular weight is 340 g/mol. The van der Waals surface area contributed by atoms with E-state index in [9.17, 15) is 0 Å². The van der Waals surface area contributed by atoms with Crippen molar-refractivity contribution in [1.29, 1.82) is 0 Å². The maximum Gasteiger partial charge on any atom is 0.142 e. The van der Waals surface area contributed by atoms with Crippen LogP contribution in [0.4, 0.5) is 5.69 Å². The third-order valence-electron chi connectivity index (χ3n) is 2.98. The van der Waals surface area contributed by atoms with Gasteiger partial charge in [0.2, 0.25) is 0 Å². The van der Waals surface area contributed by atoms with E-state index in [0.717, 1.165) is 17.0 Å². The molecular weight excluding hydrogens is 321 g/mol. The van der Waals surface area contributed by atoms with Crippen LogP contribution in [0.1, 0.15) is 12.5 Å². The number of ether oxygens (including phenoxy) is 2. The molecule has 1 N–H and O–H groups in total. The third kappa shape index (κ3) is 5.41. The Bertz CT molecular complexity index is 585. The van der Waals surface area contributed by atoms with Crippen LogP contribution in [-0.4, -0.2) is 19.8 Å². The number of benzene rings is 2. The number of hydrogen-bond donors (Lipinski definition) is 1. The van der Waals surface area contributed by atoms with E-state index >= 15 is 0 Å². The summed E-state index contributed by atoms with van der Waals surface area (Å²) in [4.78, 5) is 0. The fourth-order valence-electron chi connectivity index (χ4n) is 2.00. The number of rotatable bonds is 8. The quantitative estimate of drug-likeness (QED) is 0.685. The number of anilines is 1. The zero-order valence-corrected chi connectivity index (χ0v) is 14.0. The molecule has 22 heavy (non-hydrogen) atoms. The van der Waals surface area contributed by atoms with Gasteiger partial charge in [-0.3, -0.25) is 0 Å². The standard InChI is InChI=1S/C17H19Cl2NO2/c1-2-21-7-8-22-17-6-4-3-5-16(17)20-12-13-9-14(18)11-15(19)10-13/h3-6,9-11,20H,2,7-8,12H2,1H3. The minimum absolute atomic E-state index is 0.523. The molecule has 0 aliphatic heterocycles. The Morgan fingerprint density at radius 1 is 1.00 bits per heavy atom. The van der Waals surface area contributed by atoms with Gasteiger partial charge >= 0.3 is 0 Å². The molecule has 0 bridgehead atoms. The first-order valence-electron chi connectivity index (χ1n) is 7.17. The van der Waals surface area contributed by atoms with Crippen LogP contribution in [0.25, 0.3) is 0 Å². The Morgan fingerprint density at radius 2 is 1.73 bits per heavy atom. The fraction of sp³-hybridized carbons (Fsp3) is 0.294. The highest BCUT2D eigenvalue weighted by molar-refractivity contribution is 6.34. The van der Waals surface area contributed by atoms with Crippen molar-refractivity contribution in [2.75, 3.05) is 25.1 Å². The molecule has 0 heterocycles. The molecule has 0 unspecified atom stereocenters. The van der Waals surface area contributed by atoms with Gasteiger partial charge in [0.05, 0.1) is 12.3 Å². The molecule has 0 aliphatic rings. The van der Waals surface area contributed by atoms with E-state index in [1.54, 1.807) is 6.07 Å². The monoisotopic (exact) mass is 339 g/mol. The number of para-hydroxylation sites is 2. The van der Waals surface area contributed by atoms with Gasteiger partial charge < -0.3 is 14.8 Å². The lowest BCUT2D eigenvalue weighted by Crippen LogP contribution is -2.08. The normalized spacial score (nSPS) is 10.5. The zero-order chi connectivity index (χ0) is 15.8. The van der Waals surface area contributed by atoms with Crippen molar-refractivity contribution >= 4 is 28.9 Å². The second kappa shape index (κ2) is 8.89. The Morgan fingerprint density at radius 3 is 2.45 bits per heavy atom. The molecule has 3 nitrogen and oxygen atoms in total. The third-order valence-corrected chi connectivity index (χ3v) is 3.42. The molecule has 0 atom stereocenters. The van der Waals surface area contributed by atoms with Crippen molar-refractivity contribution in [3.8, 4) is 5.75 Å². The summed E-state index contributed by atoms with van der Waals surface area (Å²) >= 11 is 12.0. The zero-order valence-electron chi connectivity index (χ0n) is 12.4. The van der Waals surface area contributed by atoms with Gasteiger partial charge in [0, 0.05) is 23.2 Å². The van der Waals surface area contributed by atoms with Gasteiger partial charge in [0.15, 0.2) is 0 Å². The summed E-state index contributed by atoms with van der Waals surface area (Å²) in [5.74, 6) is 0.801. The van der Waals surface area contributed by atoms with Gasteiger partial charge in [-0.15, -0.1) is 0 Å². The van der Waals surface area contributed by atoms with Crippen LogP contribution in [0.5, 0.6) is 5.75 Å². The Labute approximate surface area is 141 Å².